The monoisotopic (exact) mass is 212 g/mol. The largest absolute Gasteiger partial charge is 0.462 e. The second kappa shape index (κ2) is 8.31. The van der Waals surface area contributed by atoms with Crippen LogP contribution in [0.25, 0.3) is 0 Å². The Kier molecular flexibility index (Phi) is 7.75. The van der Waals surface area contributed by atoms with E-state index in [9.17, 15) is 4.79 Å². The third-order valence-electron chi connectivity index (χ3n) is 2.22. The molecule has 0 fully saturated rings. The van der Waals surface area contributed by atoms with Crippen molar-refractivity contribution < 1.29 is 14.4 Å². The molecular formula is C12H22NO2+. The summed E-state index contributed by atoms with van der Waals surface area (Å²) in [5, 5.41) is 0. The smallest absolute Gasteiger partial charge is 0.302 e. The molecule has 1 N–H and O–H groups in total. The first-order chi connectivity index (χ1) is 7.10. The van der Waals surface area contributed by atoms with Gasteiger partial charge in [-0.15, -0.1) is 0 Å². The van der Waals surface area contributed by atoms with Gasteiger partial charge in [0.05, 0.1) is 13.1 Å². The summed E-state index contributed by atoms with van der Waals surface area (Å²) in [7, 11) is 0. The molecule has 0 aliphatic rings. The summed E-state index contributed by atoms with van der Waals surface area (Å²) in [5.41, 5.74) is 0. The lowest BCUT2D eigenvalue weighted by atomic mass is 10.3. The summed E-state index contributed by atoms with van der Waals surface area (Å²) in [4.78, 5) is 12.1. The fourth-order valence-electron chi connectivity index (χ4n) is 1.23. The van der Waals surface area contributed by atoms with Gasteiger partial charge in [0.1, 0.15) is 12.6 Å². The number of hydrogen-bond acceptors (Lipinski definition) is 2. The molecular weight excluding hydrogens is 190 g/mol. The quantitative estimate of drug-likeness (QED) is 0.523. The topological polar surface area (TPSA) is 30.7 Å². The van der Waals surface area contributed by atoms with Crippen LogP contribution in [0.1, 0.15) is 34.1 Å². The van der Waals surface area contributed by atoms with E-state index in [-0.39, 0.29) is 12.1 Å². The van der Waals surface area contributed by atoms with E-state index in [1.54, 1.807) is 0 Å². The molecule has 0 amide bonds. The zero-order valence-corrected chi connectivity index (χ0v) is 10.2. The van der Waals surface area contributed by atoms with E-state index in [0.29, 0.717) is 6.42 Å². The van der Waals surface area contributed by atoms with E-state index in [0.717, 1.165) is 19.6 Å². The van der Waals surface area contributed by atoms with Gasteiger partial charge in [-0.05, 0) is 26.7 Å². The minimum Gasteiger partial charge on any atom is -0.462 e. The van der Waals surface area contributed by atoms with Gasteiger partial charge in [0.2, 0.25) is 0 Å². The van der Waals surface area contributed by atoms with Crippen LogP contribution in [0.4, 0.5) is 0 Å². The van der Waals surface area contributed by atoms with Gasteiger partial charge >= 0.3 is 5.97 Å². The molecule has 0 spiro atoms. The van der Waals surface area contributed by atoms with E-state index in [1.807, 2.05) is 6.92 Å². The van der Waals surface area contributed by atoms with E-state index in [1.165, 1.54) is 11.8 Å². The Morgan fingerprint density at radius 2 is 1.93 bits per heavy atom. The summed E-state index contributed by atoms with van der Waals surface area (Å²) >= 11 is 0. The molecule has 0 aromatic carbocycles. The first-order valence-corrected chi connectivity index (χ1v) is 5.56. The Morgan fingerprint density at radius 3 is 2.40 bits per heavy atom. The van der Waals surface area contributed by atoms with Gasteiger partial charge in [-0.2, -0.15) is 0 Å². The molecule has 0 saturated carbocycles. The molecule has 3 heteroatoms. The number of ether oxygens (including phenoxy) is 1. The minimum atomic E-state index is -0.237. The number of carbonyl (C=O) groups excluding carboxylic acids is 1. The fraction of sp³-hybridized carbons (Fsp3) is 0.750. The van der Waals surface area contributed by atoms with Crippen molar-refractivity contribution in [2.24, 2.45) is 0 Å². The Morgan fingerprint density at radius 1 is 1.33 bits per heavy atom. The summed E-state index contributed by atoms with van der Waals surface area (Å²) in [5.74, 6) is 5.92. The maximum atomic E-state index is 10.6. The summed E-state index contributed by atoms with van der Waals surface area (Å²) < 4.78 is 4.96. The first kappa shape index (κ1) is 14.0. The van der Waals surface area contributed by atoms with Gasteiger partial charge in [0.15, 0.2) is 0 Å². The number of carbonyl (C=O) groups is 1. The van der Waals surface area contributed by atoms with Crippen molar-refractivity contribution >= 4 is 5.97 Å². The van der Waals surface area contributed by atoms with Gasteiger partial charge in [-0.1, -0.05) is 5.92 Å². The number of esters is 1. The van der Waals surface area contributed by atoms with Crippen molar-refractivity contribution in [3.63, 3.8) is 0 Å². The highest BCUT2D eigenvalue weighted by molar-refractivity contribution is 5.66. The Balaban J connectivity index is 3.74. The number of hydrogen-bond donors (Lipinski definition) is 1. The third kappa shape index (κ3) is 8.02. The summed E-state index contributed by atoms with van der Waals surface area (Å²) in [6.07, 6.45) is 0.530. The number of nitrogens with one attached hydrogen (secondary N) is 1. The molecule has 0 bridgehead atoms. The van der Waals surface area contributed by atoms with E-state index >= 15 is 0 Å². The fourth-order valence-corrected chi connectivity index (χ4v) is 1.23. The maximum Gasteiger partial charge on any atom is 0.302 e. The highest BCUT2D eigenvalue weighted by Gasteiger charge is 2.02. The Hall–Kier alpha value is -1.01. The molecule has 0 heterocycles. The predicted molar refractivity (Wildman–Crippen MR) is 60.5 cm³/mol. The van der Waals surface area contributed by atoms with Crippen molar-refractivity contribution in [2.75, 3.05) is 19.6 Å². The molecule has 0 aromatic heterocycles. The van der Waals surface area contributed by atoms with Crippen LogP contribution in [0.3, 0.4) is 0 Å². The molecule has 0 aliphatic heterocycles. The van der Waals surface area contributed by atoms with Crippen molar-refractivity contribution in [3.05, 3.63) is 0 Å². The van der Waals surface area contributed by atoms with Crippen molar-refractivity contribution in [2.45, 2.75) is 40.2 Å². The van der Waals surface area contributed by atoms with Crippen LogP contribution in [-0.4, -0.2) is 31.7 Å². The average molecular weight is 212 g/mol. The van der Waals surface area contributed by atoms with Gasteiger partial charge in [0.25, 0.3) is 0 Å². The van der Waals surface area contributed by atoms with E-state index in [4.69, 9.17) is 4.74 Å². The lowest BCUT2D eigenvalue weighted by molar-refractivity contribution is -0.889. The molecule has 86 valence electrons. The molecule has 0 unspecified atom stereocenters. The van der Waals surface area contributed by atoms with E-state index in [2.05, 4.69) is 25.7 Å². The van der Waals surface area contributed by atoms with Crippen LogP contribution in [0.5, 0.6) is 0 Å². The van der Waals surface area contributed by atoms with Crippen molar-refractivity contribution in [3.8, 4) is 11.8 Å². The van der Waals surface area contributed by atoms with Crippen LogP contribution >= 0.6 is 0 Å². The van der Waals surface area contributed by atoms with Gasteiger partial charge in [-0.25, -0.2) is 0 Å². The number of quaternary nitrogens is 1. The summed E-state index contributed by atoms with van der Waals surface area (Å²) in [6.45, 7) is 10.7. The van der Waals surface area contributed by atoms with Gasteiger partial charge in [-0.3, -0.25) is 4.79 Å². The molecule has 0 radical (unpaired) electrons. The SMILES string of the molecule is CC[NH+](CC)CC#CC[C@H](C)OC(C)=O. The first-order valence-electron chi connectivity index (χ1n) is 5.56. The van der Waals surface area contributed by atoms with Crippen LogP contribution in [-0.2, 0) is 9.53 Å². The number of rotatable bonds is 5. The molecule has 0 aliphatic carbocycles. The molecule has 3 nitrogen and oxygen atoms in total. The standard InChI is InChI=1S/C12H21NO2/c1-5-13(6-2)10-8-7-9-11(3)15-12(4)14/h11H,5-6,9-10H2,1-4H3/p+1/t11-/m0/s1. The average Bonchev–Trinajstić information content (AvgIpc) is 2.17. The predicted octanol–water partition coefficient (Wildman–Crippen LogP) is 0.256. The second-order valence-corrected chi connectivity index (χ2v) is 3.61. The normalized spacial score (nSPS) is 11.8. The van der Waals surface area contributed by atoms with Gasteiger partial charge in [0, 0.05) is 13.3 Å². The van der Waals surface area contributed by atoms with Gasteiger partial charge < -0.3 is 9.64 Å². The van der Waals surface area contributed by atoms with Crippen molar-refractivity contribution in [1.82, 2.24) is 0 Å². The second-order valence-electron chi connectivity index (χ2n) is 3.61. The minimum absolute atomic E-state index is 0.0956. The third-order valence-corrected chi connectivity index (χ3v) is 2.22. The summed E-state index contributed by atoms with van der Waals surface area (Å²) in [6, 6.07) is 0. The molecule has 1 atom stereocenters. The molecule has 0 saturated heterocycles. The van der Waals surface area contributed by atoms with Crippen LogP contribution in [0.2, 0.25) is 0 Å². The van der Waals surface area contributed by atoms with E-state index < -0.39 is 0 Å². The molecule has 15 heavy (non-hydrogen) atoms. The highest BCUT2D eigenvalue weighted by atomic mass is 16.5. The van der Waals surface area contributed by atoms with Crippen LogP contribution < -0.4 is 4.90 Å². The highest BCUT2D eigenvalue weighted by Crippen LogP contribution is 1.95. The zero-order chi connectivity index (χ0) is 11.7. The Bertz CT molecular complexity index is 236. The van der Waals surface area contributed by atoms with Crippen LogP contribution in [0.15, 0.2) is 0 Å². The lowest BCUT2D eigenvalue weighted by Gasteiger charge is -2.11. The zero-order valence-electron chi connectivity index (χ0n) is 10.2. The van der Waals surface area contributed by atoms with Crippen LogP contribution in [0, 0.1) is 11.8 Å². The molecule has 0 aromatic rings. The molecule has 0 rings (SSSR count). The maximum absolute atomic E-state index is 10.6. The van der Waals surface area contributed by atoms with Crippen molar-refractivity contribution in [1.29, 1.82) is 0 Å². The lowest BCUT2D eigenvalue weighted by Crippen LogP contribution is -3.11. The Labute approximate surface area is 92.8 Å².